The van der Waals surface area contributed by atoms with Gasteiger partial charge in [-0.2, -0.15) is 5.10 Å². The molecule has 0 unspecified atom stereocenters. The summed E-state index contributed by atoms with van der Waals surface area (Å²) in [4.78, 5) is 2.45. The maximum atomic E-state index is 13.0. The lowest BCUT2D eigenvalue weighted by Crippen LogP contribution is -2.41. The normalized spacial score (nSPS) is 16.5. The van der Waals surface area contributed by atoms with Gasteiger partial charge < -0.3 is 5.32 Å². The fraction of sp³-hybridized carbons (Fsp3) is 0.438. The van der Waals surface area contributed by atoms with E-state index in [-0.39, 0.29) is 18.2 Å². The molecule has 0 spiro atoms. The molecule has 0 saturated carbocycles. The second-order valence-electron chi connectivity index (χ2n) is 5.55. The van der Waals surface area contributed by atoms with Crippen molar-refractivity contribution in [1.82, 2.24) is 20.0 Å². The average Bonchev–Trinajstić information content (AvgIpc) is 2.97. The Morgan fingerprint density at radius 2 is 1.86 bits per heavy atom. The molecule has 1 aliphatic heterocycles. The number of benzene rings is 1. The second-order valence-corrected chi connectivity index (χ2v) is 5.55. The number of hydrogen-bond donors (Lipinski definition) is 1. The molecule has 0 radical (unpaired) electrons. The van der Waals surface area contributed by atoms with Gasteiger partial charge in [0.15, 0.2) is 0 Å². The molecule has 2 aromatic rings. The van der Waals surface area contributed by atoms with Crippen LogP contribution in [0, 0.1) is 5.82 Å². The van der Waals surface area contributed by atoms with Crippen LogP contribution in [0.2, 0.25) is 0 Å². The molecule has 1 aliphatic rings. The van der Waals surface area contributed by atoms with Gasteiger partial charge in [-0.3, -0.25) is 4.90 Å². The molecule has 1 fully saturated rings. The number of rotatable bonds is 4. The summed E-state index contributed by atoms with van der Waals surface area (Å²) >= 11 is 0. The Hall–Kier alpha value is -1.43. The van der Waals surface area contributed by atoms with E-state index in [1.54, 1.807) is 18.3 Å². The lowest BCUT2D eigenvalue weighted by atomic mass is 10.1. The quantitative estimate of drug-likeness (QED) is 0.938. The highest BCUT2D eigenvalue weighted by atomic mass is 35.5. The third-order valence-corrected chi connectivity index (χ3v) is 4.17. The van der Waals surface area contributed by atoms with Gasteiger partial charge in [0, 0.05) is 31.9 Å². The third kappa shape index (κ3) is 3.85. The lowest BCUT2D eigenvalue weighted by Gasteiger charge is -2.31. The molecule has 1 aromatic carbocycles. The first-order chi connectivity index (χ1) is 10.3. The second kappa shape index (κ2) is 7.72. The maximum Gasteiger partial charge on any atom is 0.123 e. The third-order valence-electron chi connectivity index (χ3n) is 4.17. The van der Waals surface area contributed by atoms with E-state index in [4.69, 9.17) is 0 Å². The van der Waals surface area contributed by atoms with Crippen molar-refractivity contribution in [3.8, 4) is 5.69 Å². The van der Waals surface area contributed by atoms with Crippen molar-refractivity contribution < 1.29 is 4.39 Å². The summed E-state index contributed by atoms with van der Waals surface area (Å²) in [6.07, 6.45) is 4.17. The molecule has 1 aromatic heterocycles. The summed E-state index contributed by atoms with van der Waals surface area (Å²) in [6, 6.07) is 9.15. The zero-order valence-electron chi connectivity index (χ0n) is 12.7. The average molecular weight is 325 g/mol. The maximum absolute atomic E-state index is 13.0. The zero-order chi connectivity index (χ0) is 14.7. The molecular formula is C16H22ClFN4. The molecule has 22 heavy (non-hydrogen) atoms. The molecule has 6 heteroatoms. The van der Waals surface area contributed by atoms with Gasteiger partial charge in [-0.1, -0.05) is 0 Å². The summed E-state index contributed by atoms with van der Waals surface area (Å²) in [5.41, 5.74) is 2.05. The van der Waals surface area contributed by atoms with E-state index in [2.05, 4.69) is 15.3 Å². The Labute approximate surface area is 136 Å². The minimum atomic E-state index is -0.221. The lowest BCUT2D eigenvalue weighted by molar-refractivity contribution is 0.191. The van der Waals surface area contributed by atoms with Gasteiger partial charge in [0.2, 0.25) is 0 Å². The molecule has 0 atom stereocenters. The Bertz CT molecular complexity index is 576. The molecule has 4 nitrogen and oxygen atoms in total. The van der Waals surface area contributed by atoms with Gasteiger partial charge in [-0.05, 0) is 50.2 Å². The number of piperidine rings is 1. The highest BCUT2D eigenvalue weighted by Gasteiger charge is 2.19. The van der Waals surface area contributed by atoms with Crippen molar-refractivity contribution >= 4 is 12.4 Å². The van der Waals surface area contributed by atoms with Crippen LogP contribution in [0.1, 0.15) is 18.5 Å². The van der Waals surface area contributed by atoms with Gasteiger partial charge in [0.05, 0.1) is 11.4 Å². The van der Waals surface area contributed by atoms with Crippen LogP contribution in [0.25, 0.3) is 5.69 Å². The van der Waals surface area contributed by atoms with E-state index in [1.807, 2.05) is 17.8 Å². The van der Waals surface area contributed by atoms with Crippen molar-refractivity contribution in [2.24, 2.45) is 0 Å². The van der Waals surface area contributed by atoms with Crippen LogP contribution in [0.5, 0.6) is 0 Å². The van der Waals surface area contributed by atoms with Crippen molar-refractivity contribution in [2.75, 3.05) is 20.1 Å². The Morgan fingerprint density at radius 3 is 2.50 bits per heavy atom. The number of nitrogens with zero attached hydrogens (tertiary/aromatic N) is 3. The van der Waals surface area contributed by atoms with Crippen LogP contribution in [-0.2, 0) is 6.54 Å². The fourth-order valence-electron chi connectivity index (χ4n) is 2.87. The Balaban J connectivity index is 0.00000176. The highest BCUT2D eigenvalue weighted by Crippen LogP contribution is 2.16. The van der Waals surface area contributed by atoms with Crippen LogP contribution < -0.4 is 5.32 Å². The Morgan fingerprint density at radius 1 is 1.18 bits per heavy atom. The van der Waals surface area contributed by atoms with E-state index in [0.29, 0.717) is 6.04 Å². The van der Waals surface area contributed by atoms with Crippen molar-refractivity contribution in [3.63, 3.8) is 0 Å². The van der Waals surface area contributed by atoms with E-state index in [1.165, 1.54) is 25.0 Å². The number of halogens is 2. The van der Waals surface area contributed by atoms with Gasteiger partial charge in [0.25, 0.3) is 0 Å². The number of aromatic nitrogens is 2. The molecule has 1 N–H and O–H groups in total. The molecule has 0 aliphatic carbocycles. The predicted molar refractivity (Wildman–Crippen MR) is 88.1 cm³/mol. The highest BCUT2D eigenvalue weighted by molar-refractivity contribution is 5.85. The summed E-state index contributed by atoms with van der Waals surface area (Å²) < 4.78 is 14.9. The van der Waals surface area contributed by atoms with Crippen LogP contribution in [0.15, 0.2) is 36.5 Å². The number of nitrogens with one attached hydrogen (secondary N) is 1. The largest absolute Gasteiger partial charge is 0.317 e. The first kappa shape index (κ1) is 16.9. The van der Waals surface area contributed by atoms with Gasteiger partial charge >= 0.3 is 0 Å². The predicted octanol–water partition coefficient (Wildman–Crippen LogP) is 2.62. The number of hydrogen-bond acceptors (Lipinski definition) is 3. The fourth-order valence-corrected chi connectivity index (χ4v) is 2.87. The van der Waals surface area contributed by atoms with E-state index < -0.39 is 0 Å². The molecule has 0 amide bonds. The standard InChI is InChI=1S/C16H21FN4.ClH/c1-18-14-7-10-20(11-8-14)12-16-6-9-19-21(16)15-4-2-13(17)3-5-15;/h2-6,9,14,18H,7-8,10-12H2,1H3;1H. The summed E-state index contributed by atoms with van der Waals surface area (Å²) in [7, 11) is 2.03. The first-order valence-corrected chi connectivity index (χ1v) is 7.45. The first-order valence-electron chi connectivity index (χ1n) is 7.45. The van der Waals surface area contributed by atoms with Gasteiger partial charge in [-0.25, -0.2) is 9.07 Å². The molecule has 3 rings (SSSR count). The molecular weight excluding hydrogens is 303 g/mol. The van der Waals surface area contributed by atoms with Crippen molar-refractivity contribution in [3.05, 3.63) is 48.0 Å². The monoisotopic (exact) mass is 324 g/mol. The minimum Gasteiger partial charge on any atom is -0.317 e. The van der Waals surface area contributed by atoms with Crippen molar-refractivity contribution in [1.29, 1.82) is 0 Å². The van der Waals surface area contributed by atoms with E-state index in [9.17, 15) is 4.39 Å². The zero-order valence-corrected chi connectivity index (χ0v) is 13.5. The number of likely N-dealkylation sites (tertiary alicyclic amines) is 1. The van der Waals surface area contributed by atoms with Gasteiger partial charge in [-0.15, -0.1) is 12.4 Å². The molecule has 0 bridgehead atoms. The van der Waals surface area contributed by atoms with Crippen LogP contribution >= 0.6 is 12.4 Å². The smallest absolute Gasteiger partial charge is 0.123 e. The van der Waals surface area contributed by atoms with Crippen molar-refractivity contribution in [2.45, 2.75) is 25.4 Å². The van der Waals surface area contributed by atoms with E-state index in [0.717, 1.165) is 31.0 Å². The van der Waals surface area contributed by atoms with Crippen LogP contribution in [0.3, 0.4) is 0 Å². The van der Waals surface area contributed by atoms with Gasteiger partial charge in [0.1, 0.15) is 5.82 Å². The molecule has 1 saturated heterocycles. The summed E-state index contributed by atoms with van der Waals surface area (Å²) in [6.45, 7) is 3.08. The van der Waals surface area contributed by atoms with E-state index >= 15 is 0 Å². The molecule has 120 valence electrons. The Kier molecular flexibility index (Phi) is 5.94. The SMILES string of the molecule is CNC1CCN(Cc2ccnn2-c2ccc(F)cc2)CC1.Cl. The molecule has 2 heterocycles. The topological polar surface area (TPSA) is 33.1 Å². The minimum absolute atomic E-state index is 0. The summed E-state index contributed by atoms with van der Waals surface area (Å²) in [5.74, 6) is -0.221. The van der Waals surface area contributed by atoms with Crippen LogP contribution in [-0.4, -0.2) is 40.9 Å². The van der Waals surface area contributed by atoms with Crippen LogP contribution in [0.4, 0.5) is 4.39 Å². The summed E-state index contributed by atoms with van der Waals surface area (Å²) in [5, 5.41) is 7.71.